The summed E-state index contributed by atoms with van der Waals surface area (Å²) in [6.07, 6.45) is 13.1. The summed E-state index contributed by atoms with van der Waals surface area (Å²) in [5, 5.41) is 4.13. The predicted molar refractivity (Wildman–Crippen MR) is 124 cm³/mol. The summed E-state index contributed by atoms with van der Waals surface area (Å²) >= 11 is 0. The number of unbranched alkanes of at least 4 members (excludes halogenated alkanes) is 7. The first-order valence-electron chi connectivity index (χ1n) is 11.5. The van der Waals surface area contributed by atoms with Gasteiger partial charge in [-0.3, -0.25) is 4.79 Å². The SMILES string of the molecule is CCCCCCCCCC(=O)NCCCCn1cnc2c(N)nc3ccccc3c21. The number of amides is 1. The van der Waals surface area contributed by atoms with Crippen LogP contribution in [0.1, 0.15) is 71.1 Å². The van der Waals surface area contributed by atoms with Crippen LogP contribution in [0, 0.1) is 0 Å². The highest BCUT2D eigenvalue weighted by Gasteiger charge is 2.11. The normalized spacial score (nSPS) is 11.4. The summed E-state index contributed by atoms with van der Waals surface area (Å²) in [5.41, 5.74) is 8.79. The van der Waals surface area contributed by atoms with Gasteiger partial charge in [-0.05, 0) is 25.3 Å². The Balaban J connectivity index is 1.38. The van der Waals surface area contributed by atoms with Crippen molar-refractivity contribution >= 4 is 33.7 Å². The van der Waals surface area contributed by atoms with Crippen molar-refractivity contribution in [2.45, 2.75) is 77.7 Å². The van der Waals surface area contributed by atoms with E-state index in [1.54, 1.807) is 0 Å². The molecule has 0 aliphatic heterocycles. The van der Waals surface area contributed by atoms with Crippen molar-refractivity contribution < 1.29 is 4.79 Å². The van der Waals surface area contributed by atoms with Crippen molar-refractivity contribution in [2.24, 2.45) is 0 Å². The largest absolute Gasteiger partial charge is 0.382 e. The van der Waals surface area contributed by atoms with Crippen LogP contribution in [0.25, 0.3) is 21.9 Å². The summed E-state index contributed by atoms with van der Waals surface area (Å²) in [4.78, 5) is 20.9. The van der Waals surface area contributed by atoms with E-state index in [2.05, 4.69) is 32.8 Å². The number of pyridine rings is 1. The third-order valence-corrected chi connectivity index (χ3v) is 5.64. The van der Waals surface area contributed by atoms with E-state index >= 15 is 0 Å². The molecule has 6 nitrogen and oxygen atoms in total. The number of hydrogen-bond donors (Lipinski definition) is 2. The number of carbonyl (C=O) groups excluding carboxylic acids is 1. The molecule has 2 aromatic heterocycles. The monoisotopic (exact) mass is 409 g/mol. The Hall–Kier alpha value is -2.63. The molecule has 6 heteroatoms. The molecule has 0 atom stereocenters. The van der Waals surface area contributed by atoms with E-state index in [9.17, 15) is 4.79 Å². The first-order chi connectivity index (χ1) is 14.7. The van der Waals surface area contributed by atoms with Crippen LogP contribution in [0.15, 0.2) is 30.6 Å². The van der Waals surface area contributed by atoms with Gasteiger partial charge in [0.15, 0.2) is 5.82 Å². The van der Waals surface area contributed by atoms with Crippen LogP contribution in [0.5, 0.6) is 0 Å². The fourth-order valence-corrected chi connectivity index (χ4v) is 3.94. The highest BCUT2D eigenvalue weighted by Crippen LogP contribution is 2.27. The number of nitrogens with one attached hydrogen (secondary N) is 1. The van der Waals surface area contributed by atoms with Gasteiger partial charge in [0.05, 0.1) is 17.4 Å². The summed E-state index contributed by atoms with van der Waals surface area (Å²) in [6.45, 7) is 3.81. The Morgan fingerprint density at radius 2 is 1.80 bits per heavy atom. The zero-order chi connectivity index (χ0) is 21.2. The van der Waals surface area contributed by atoms with E-state index in [1.807, 2.05) is 24.5 Å². The second-order valence-electron chi connectivity index (χ2n) is 8.08. The number of hydrogen-bond acceptors (Lipinski definition) is 4. The van der Waals surface area contributed by atoms with Gasteiger partial charge in [0.2, 0.25) is 5.91 Å². The Morgan fingerprint density at radius 1 is 1.03 bits per heavy atom. The molecule has 162 valence electrons. The minimum Gasteiger partial charge on any atom is -0.382 e. The molecule has 0 aliphatic carbocycles. The van der Waals surface area contributed by atoms with Crippen LogP contribution in [0.4, 0.5) is 5.82 Å². The molecule has 30 heavy (non-hydrogen) atoms. The highest BCUT2D eigenvalue weighted by atomic mass is 16.1. The van der Waals surface area contributed by atoms with Crippen LogP contribution in [0.2, 0.25) is 0 Å². The fraction of sp³-hybridized carbons (Fsp3) is 0.542. The molecule has 3 rings (SSSR count). The lowest BCUT2D eigenvalue weighted by molar-refractivity contribution is -0.121. The van der Waals surface area contributed by atoms with Gasteiger partial charge in [-0.25, -0.2) is 9.97 Å². The topological polar surface area (TPSA) is 85.8 Å². The molecular weight excluding hydrogens is 374 g/mol. The van der Waals surface area contributed by atoms with Crippen LogP contribution in [-0.4, -0.2) is 27.0 Å². The van der Waals surface area contributed by atoms with Crippen molar-refractivity contribution in [1.29, 1.82) is 0 Å². The maximum atomic E-state index is 12.0. The van der Waals surface area contributed by atoms with Crippen molar-refractivity contribution in [3.8, 4) is 0 Å². The lowest BCUT2D eigenvalue weighted by Gasteiger charge is -2.08. The molecule has 0 bridgehead atoms. The number of fused-ring (bicyclic) bond motifs is 3. The first kappa shape index (κ1) is 22.1. The molecule has 0 aliphatic rings. The number of anilines is 1. The van der Waals surface area contributed by atoms with Crippen LogP contribution >= 0.6 is 0 Å². The molecule has 2 heterocycles. The number of rotatable bonds is 13. The number of nitrogens with zero attached hydrogens (tertiary/aromatic N) is 3. The fourth-order valence-electron chi connectivity index (χ4n) is 3.94. The lowest BCUT2D eigenvalue weighted by atomic mass is 10.1. The highest BCUT2D eigenvalue weighted by molar-refractivity contribution is 6.06. The summed E-state index contributed by atoms with van der Waals surface area (Å²) < 4.78 is 2.15. The van der Waals surface area contributed by atoms with Crippen molar-refractivity contribution in [3.63, 3.8) is 0 Å². The van der Waals surface area contributed by atoms with E-state index in [1.165, 1.54) is 32.1 Å². The average molecular weight is 410 g/mol. The smallest absolute Gasteiger partial charge is 0.219 e. The molecule has 0 unspecified atom stereocenters. The number of benzene rings is 1. The molecule has 0 spiro atoms. The summed E-state index contributed by atoms with van der Waals surface area (Å²) in [5.74, 6) is 0.654. The maximum absolute atomic E-state index is 12.0. The standard InChI is InChI=1S/C24H35N5O/c1-2-3-4-5-6-7-8-15-21(30)26-16-11-12-17-29-18-27-22-23(29)19-13-9-10-14-20(19)28-24(22)25/h9-10,13-14,18H,2-8,11-12,15-17H2,1H3,(H2,25,28)(H,26,30). The van der Waals surface area contributed by atoms with Gasteiger partial charge in [-0.1, -0.05) is 63.6 Å². The number of aromatic nitrogens is 3. The van der Waals surface area contributed by atoms with E-state index in [0.717, 1.165) is 60.7 Å². The van der Waals surface area contributed by atoms with Crippen molar-refractivity contribution in [1.82, 2.24) is 19.9 Å². The Kier molecular flexibility index (Phi) is 8.48. The van der Waals surface area contributed by atoms with Crippen molar-refractivity contribution in [3.05, 3.63) is 30.6 Å². The number of imidazole rings is 1. The van der Waals surface area contributed by atoms with Gasteiger partial charge < -0.3 is 15.6 Å². The van der Waals surface area contributed by atoms with Gasteiger partial charge in [0.25, 0.3) is 0 Å². The van der Waals surface area contributed by atoms with Gasteiger partial charge in [-0.2, -0.15) is 0 Å². The van der Waals surface area contributed by atoms with Crippen LogP contribution in [0.3, 0.4) is 0 Å². The maximum Gasteiger partial charge on any atom is 0.219 e. The molecule has 0 saturated heterocycles. The van der Waals surface area contributed by atoms with Crippen molar-refractivity contribution in [2.75, 3.05) is 12.3 Å². The van der Waals surface area contributed by atoms with Gasteiger partial charge >= 0.3 is 0 Å². The summed E-state index contributed by atoms with van der Waals surface area (Å²) in [6, 6.07) is 8.02. The predicted octanol–water partition coefficient (Wildman–Crippen LogP) is 5.20. The minimum atomic E-state index is 0.182. The number of para-hydroxylation sites is 1. The lowest BCUT2D eigenvalue weighted by Crippen LogP contribution is -2.24. The first-order valence-corrected chi connectivity index (χ1v) is 11.5. The third kappa shape index (κ3) is 5.94. The van der Waals surface area contributed by atoms with E-state index in [0.29, 0.717) is 12.2 Å². The molecule has 0 radical (unpaired) electrons. The Bertz CT molecular complexity index is 949. The number of nitrogen functional groups attached to an aromatic ring is 1. The molecule has 0 fully saturated rings. The molecule has 3 aromatic rings. The van der Waals surface area contributed by atoms with Gasteiger partial charge in [0, 0.05) is 24.9 Å². The van der Waals surface area contributed by atoms with E-state index in [-0.39, 0.29) is 5.91 Å². The Morgan fingerprint density at radius 3 is 2.63 bits per heavy atom. The van der Waals surface area contributed by atoms with Gasteiger partial charge in [0.1, 0.15) is 5.52 Å². The van der Waals surface area contributed by atoms with E-state index in [4.69, 9.17) is 5.73 Å². The van der Waals surface area contributed by atoms with Crippen LogP contribution < -0.4 is 11.1 Å². The second-order valence-corrected chi connectivity index (χ2v) is 8.08. The zero-order valence-corrected chi connectivity index (χ0v) is 18.2. The number of nitrogens with two attached hydrogens (primary N) is 1. The second kappa shape index (κ2) is 11.5. The van der Waals surface area contributed by atoms with E-state index < -0.39 is 0 Å². The molecule has 1 amide bonds. The molecule has 3 N–H and O–H groups in total. The molecule has 0 saturated carbocycles. The number of carbonyl (C=O) groups is 1. The molecular formula is C24H35N5O. The number of aryl methyl sites for hydroxylation is 1. The Labute approximate surface area is 179 Å². The minimum absolute atomic E-state index is 0.182. The average Bonchev–Trinajstić information content (AvgIpc) is 3.18. The zero-order valence-electron chi connectivity index (χ0n) is 18.2. The van der Waals surface area contributed by atoms with Crippen LogP contribution in [-0.2, 0) is 11.3 Å². The third-order valence-electron chi connectivity index (χ3n) is 5.64. The summed E-state index contributed by atoms with van der Waals surface area (Å²) in [7, 11) is 0. The van der Waals surface area contributed by atoms with Gasteiger partial charge in [-0.15, -0.1) is 0 Å². The quantitative estimate of drug-likeness (QED) is 0.380. The molecule has 1 aromatic carbocycles.